The van der Waals surface area contributed by atoms with E-state index in [9.17, 15) is 9.18 Å². The number of hydrogen-bond acceptors (Lipinski definition) is 2. The summed E-state index contributed by atoms with van der Waals surface area (Å²) in [7, 11) is 0. The number of ketones is 1. The van der Waals surface area contributed by atoms with Gasteiger partial charge in [-0.05, 0) is 19.1 Å². The average Bonchev–Trinajstić information content (AvgIpc) is 2.12. The van der Waals surface area contributed by atoms with E-state index in [4.69, 9.17) is 4.74 Å². The molecular weight excluding hydrogens is 263 g/mol. The quantitative estimate of drug-likeness (QED) is 0.621. The predicted octanol–water partition coefficient (Wildman–Crippen LogP) is 3.36. The molecule has 0 unspecified atom stereocenters. The van der Waals surface area contributed by atoms with Crippen molar-refractivity contribution in [1.82, 2.24) is 0 Å². The Labute approximate surface area is 95.9 Å². The highest BCUT2D eigenvalue weighted by Gasteiger charge is 2.15. The molecule has 0 aliphatic carbocycles. The van der Waals surface area contributed by atoms with Crippen LogP contribution in [0.25, 0.3) is 0 Å². The van der Waals surface area contributed by atoms with Gasteiger partial charge in [0, 0.05) is 4.47 Å². The average molecular weight is 273 g/mol. The van der Waals surface area contributed by atoms with Crippen molar-refractivity contribution in [3.63, 3.8) is 0 Å². The third-order valence-electron chi connectivity index (χ3n) is 1.73. The van der Waals surface area contributed by atoms with Crippen molar-refractivity contribution in [2.75, 3.05) is 6.61 Å². The van der Waals surface area contributed by atoms with E-state index >= 15 is 0 Å². The number of ether oxygens (including phenoxy) is 1. The first-order chi connectivity index (χ1) is 7.06. The van der Waals surface area contributed by atoms with E-state index < -0.39 is 5.82 Å². The SMILES string of the molecule is C=CCOc1cc(Br)cc(F)c1C(C)=O. The molecule has 0 amide bonds. The molecular formula is C11H10BrFO2. The molecule has 0 N–H and O–H groups in total. The highest BCUT2D eigenvalue weighted by atomic mass is 79.9. The first-order valence-corrected chi connectivity index (χ1v) is 5.09. The second-order valence-corrected chi connectivity index (χ2v) is 3.83. The van der Waals surface area contributed by atoms with Crippen molar-refractivity contribution >= 4 is 21.7 Å². The van der Waals surface area contributed by atoms with E-state index in [0.29, 0.717) is 4.47 Å². The van der Waals surface area contributed by atoms with Gasteiger partial charge in [0.15, 0.2) is 5.78 Å². The summed E-state index contributed by atoms with van der Waals surface area (Å²) in [5.74, 6) is -0.718. The van der Waals surface area contributed by atoms with Gasteiger partial charge in [0.2, 0.25) is 0 Å². The maximum absolute atomic E-state index is 13.4. The first kappa shape index (κ1) is 11.9. The summed E-state index contributed by atoms with van der Waals surface area (Å²) in [4.78, 5) is 11.2. The van der Waals surface area contributed by atoms with E-state index in [0.717, 1.165) is 0 Å². The molecule has 0 saturated carbocycles. The maximum Gasteiger partial charge on any atom is 0.166 e. The Balaban J connectivity index is 3.20. The van der Waals surface area contributed by atoms with E-state index in [-0.39, 0.29) is 23.7 Å². The van der Waals surface area contributed by atoms with Gasteiger partial charge in [0.1, 0.15) is 18.2 Å². The van der Waals surface area contributed by atoms with Gasteiger partial charge in [-0.25, -0.2) is 4.39 Å². The molecule has 0 fully saturated rings. The minimum absolute atomic E-state index is 0.0277. The van der Waals surface area contributed by atoms with Crippen molar-refractivity contribution in [2.45, 2.75) is 6.92 Å². The van der Waals surface area contributed by atoms with Crippen molar-refractivity contribution in [2.24, 2.45) is 0 Å². The predicted molar refractivity (Wildman–Crippen MR) is 59.8 cm³/mol. The molecule has 0 aliphatic rings. The Kier molecular flexibility index (Phi) is 4.03. The normalized spacial score (nSPS) is 9.80. The Morgan fingerprint density at radius 2 is 2.33 bits per heavy atom. The Hall–Kier alpha value is -1.16. The Morgan fingerprint density at radius 1 is 1.67 bits per heavy atom. The third kappa shape index (κ3) is 2.89. The number of benzene rings is 1. The second-order valence-electron chi connectivity index (χ2n) is 2.92. The molecule has 0 aliphatic heterocycles. The zero-order valence-electron chi connectivity index (χ0n) is 8.22. The molecule has 1 rings (SSSR count). The topological polar surface area (TPSA) is 26.3 Å². The van der Waals surface area contributed by atoms with E-state index in [1.165, 1.54) is 19.1 Å². The van der Waals surface area contributed by atoms with Crippen LogP contribution in [0, 0.1) is 5.82 Å². The minimum Gasteiger partial charge on any atom is -0.489 e. The van der Waals surface area contributed by atoms with E-state index in [1.807, 2.05) is 0 Å². The summed E-state index contributed by atoms with van der Waals surface area (Å²) in [6, 6.07) is 2.79. The smallest absolute Gasteiger partial charge is 0.166 e. The molecule has 15 heavy (non-hydrogen) atoms. The number of halogens is 2. The lowest BCUT2D eigenvalue weighted by molar-refractivity contribution is 0.101. The molecule has 0 saturated heterocycles. The van der Waals surface area contributed by atoms with Crippen LogP contribution in [0.2, 0.25) is 0 Å². The van der Waals surface area contributed by atoms with Crippen molar-refractivity contribution in [1.29, 1.82) is 0 Å². The molecule has 0 radical (unpaired) electrons. The highest BCUT2D eigenvalue weighted by Crippen LogP contribution is 2.27. The van der Waals surface area contributed by atoms with Gasteiger partial charge in [-0.3, -0.25) is 4.79 Å². The van der Waals surface area contributed by atoms with Gasteiger partial charge >= 0.3 is 0 Å². The fourth-order valence-corrected chi connectivity index (χ4v) is 1.56. The summed E-state index contributed by atoms with van der Waals surface area (Å²) >= 11 is 3.13. The molecule has 0 atom stereocenters. The second kappa shape index (κ2) is 5.07. The van der Waals surface area contributed by atoms with Gasteiger partial charge in [-0.1, -0.05) is 28.6 Å². The van der Waals surface area contributed by atoms with Crippen LogP contribution in [0.3, 0.4) is 0 Å². The number of carbonyl (C=O) groups is 1. The van der Waals surface area contributed by atoms with Crippen LogP contribution in [0.1, 0.15) is 17.3 Å². The van der Waals surface area contributed by atoms with Gasteiger partial charge in [0.05, 0.1) is 5.56 Å². The standard InChI is InChI=1S/C11H10BrFO2/c1-3-4-15-10-6-8(12)5-9(13)11(10)7(2)14/h3,5-6H,1,4H2,2H3. The summed E-state index contributed by atoms with van der Waals surface area (Å²) in [5, 5.41) is 0. The number of rotatable bonds is 4. The molecule has 0 spiro atoms. The van der Waals surface area contributed by atoms with Crippen molar-refractivity contribution in [3.8, 4) is 5.75 Å². The zero-order chi connectivity index (χ0) is 11.4. The van der Waals surface area contributed by atoms with Crippen LogP contribution in [0.15, 0.2) is 29.3 Å². The lowest BCUT2D eigenvalue weighted by atomic mass is 10.1. The fourth-order valence-electron chi connectivity index (χ4n) is 1.15. The lowest BCUT2D eigenvalue weighted by Crippen LogP contribution is -2.04. The molecule has 80 valence electrons. The zero-order valence-corrected chi connectivity index (χ0v) is 9.80. The summed E-state index contributed by atoms with van der Waals surface area (Å²) in [6.45, 7) is 5.01. The van der Waals surface area contributed by atoms with Crippen LogP contribution in [-0.2, 0) is 0 Å². The molecule has 1 aromatic carbocycles. The molecule has 0 aromatic heterocycles. The van der Waals surface area contributed by atoms with Gasteiger partial charge < -0.3 is 4.74 Å². The number of Topliss-reactive ketones (excluding diaryl/α,β-unsaturated/α-hetero) is 1. The molecule has 0 bridgehead atoms. The summed E-state index contributed by atoms with van der Waals surface area (Å²) in [6.07, 6.45) is 1.53. The van der Waals surface area contributed by atoms with Crippen molar-refractivity contribution in [3.05, 3.63) is 40.6 Å². The molecule has 4 heteroatoms. The largest absolute Gasteiger partial charge is 0.489 e. The minimum atomic E-state index is -0.587. The summed E-state index contributed by atoms with van der Waals surface area (Å²) in [5.41, 5.74) is -0.0277. The molecule has 2 nitrogen and oxygen atoms in total. The highest BCUT2D eigenvalue weighted by molar-refractivity contribution is 9.10. The third-order valence-corrected chi connectivity index (χ3v) is 2.19. The number of hydrogen-bond donors (Lipinski definition) is 0. The molecule has 0 heterocycles. The van der Waals surface area contributed by atoms with Gasteiger partial charge in [-0.15, -0.1) is 0 Å². The van der Waals surface area contributed by atoms with Crippen LogP contribution >= 0.6 is 15.9 Å². The van der Waals surface area contributed by atoms with E-state index in [2.05, 4.69) is 22.5 Å². The Bertz CT molecular complexity index is 402. The maximum atomic E-state index is 13.4. The summed E-state index contributed by atoms with van der Waals surface area (Å²) < 4.78 is 19.2. The molecule has 1 aromatic rings. The van der Waals surface area contributed by atoms with Gasteiger partial charge in [0.25, 0.3) is 0 Å². The van der Waals surface area contributed by atoms with Crippen LogP contribution < -0.4 is 4.74 Å². The van der Waals surface area contributed by atoms with Crippen LogP contribution in [0.4, 0.5) is 4.39 Å². The Morgan fingerprint density at radius 3 is 2.87 bits per heavy atom. The van der Waals surface area contributed by atoms with Crippen LogP contribution in [0.5, 0.6) is 5.75 Å². The fraction of sp³-hybridized carbons (Fsp3) is 0.182. The monoisotopic (exact) mass is 272 g/mol. The van der Waals surface area contributed by atoms with Crippen molar-refractivity contribution < 1.29 is 13.9 Å². The first-order valence-electron chi connectivity index (χ1n) is 4.30. The lowest BCUT2D eigenvalue weighted by Gasteiger charge is -2.09. The van der Waals surface area contributed by atoms with Crippen LogP contribution in [-0.4, -0.2) is 12.4 Å². The van der Waals surface area contributed by atoms with Gasteiger partial charge in [-0.2, -0.15) is 0 Å². The van der Waals surface area contributed by atoms with E-state index in [1.54, 1.807) is 6.07 Å². The number of carbonyl (C=O) groups excluding carboxylic acids is 1.